The largest absolute Gasteiger partial charge is 0.355 e. The Labute approximate surface area is 133 Å². The van der Waals surface area contributed by atoms with Crippen LogP contribution in [0.5, 0.6) is 0 Å². The van der Waals surface area contributed by atoms with Crippen LogP contribution in [0, 0.1) is 0 Å². The van der Waals surface area contributed by atoms with Crippen LogP contribution in [0.15, 0.2) is 41.2 Å². The number of hydrogen-bond acceptors (Lipinski definition) is 4. The number of likely N-dealkylation sites (N-methyl/N-ethyl adjacent to an activating group) is 1. The molecule has 1 aromatic carbocycles. The van der Waals surface area contributed by atoms with Gasteiger partial charge in [-0.3, -0.25) is 14.4 Å². The molecular weight excluding hydrogens is 296 g/mol. The van der Waals surface area contributed by atoms with Gasteiger partial charge >= 0.3 is 0 Å². The Balaban J connectivity index is 2.24. The highest BCUT2D eigenvalue weighted by molar-refractivity contribution is 5.88. The second-order valence-electron chi connectivity index (χ2n) is 4.93. The first-order chi connectivity index (χ1) is 11.0. The Hall–Kier alpha value is -2.96. The van der Waals surface area contributed by atoms with E-state index >= 15 is 0 Å². The lowest BCUT2D eigenvalue weighted by Crippen LogP contribution is -2.33. The molecule has 7 nitrogen and oxygen atoms in total. The molecule has 0 aliphatic carbocycles. The molecule has 0 spiro atoms. The van der Waals surface area contributed by atoms with E-state index in [0.717, 1.165) is 10.2 Å². The first-order valence-corrected chi connectivity index (χ1v) is 7.22. The quantitative estimate of drug-likeness (QED) is 0.861. The molecule has 120 valence electrons. The molecule has 2 rings (SSSR count). The standard InChI is InChI=1S/C16H18N4O3/c1-3-17-15(22)10-20-16(23)9-8-14(19-20)12-4-6-13(7-5-12)18-11(2)21/h4-9H,3,10H2,1-2H3,(H,17,22)(H,18,21). The van der Waals surface area contributed by atoms with Gasteiger partial charge in [0.25, 0.3) is 5.56 Å². The summed E-state index contributed by atoms with van der Waals surface area (Å²) in [4.78, 5) is 34.4. The molecule has 1 aromatic heterocycles. The van der Waals surface area contributed by atoms with Crippen LogP contribution in [0.1, 0.15) is 13.8 Å². The average Bonchev–Trinajstić information content (AvgIpc) is 2.50. The summed E-state index contributed by atoms with van der Waals surface area (Å²) < 4.78 is 1.13. The van der Waals surface area contributed by atoms with Gasteiger partial charge in [0.1, 0.15) is 6.54 Å². The fourth-order valence-corrected chi connectivity index (χ4v) is 2.03. The van der Waals surface area contributed by atoms with Gasteiger partial charge in [-0.1, -0.05) is 12.1 Å². The minimum atomic E-state index is -0.338. The summed E-state index contributed by atoms with van der Waals surface area (Å²) in [5.41, 5.74) is 1.69. The molecule has 0 saturated heterocycles. The van der Waals surface area contributed by atoms with E-state index in [1.165, 1.54) is 13.0 Å². The van der Waals surface area contributed by atoms with Crippen LogP contribution in [-0.2, 0) is 16.1 Å². The second-order valence-corrected chi connectivity index (χ2v) is 4.93. The van der Waals surface area contributed by atoms with Crippen LogP contribution in [-0.4, -0.2) is 28.1 Å². The molecule has 0 fully saturated rings. The fourth-order valence-electron chi connectivity index (χ4n) is 2.03. The lowest BCUT2D eigenvalue weighted by atomic mass is 10.1. The molecule has 0 unspecified atom stereocenters. The Morgan fingerprint density at radius 2 is 1.83 bits per heavy atom. The van der Waals surface area contributed by atoms with Crippen molar-refractivity contribution in [2.45, 2.75) is 20.4 Å². The molecule has 0 saturated carbocycles. The smallest absolute Gasteiger partial charge is 0.267 e. The Morgan fingerprint density at radius 3 is 2.43 bits per heavy atom. The molecule has 2 N–H and O–H groups in total. The van der Waals surface area contributed by atoms with Crippen molar-refractivity contribution in [3.05, 3.63) is 46.8 Å². The van der Waals surface area contributed by atoms with Crippen LogP contribution in [0.25, 0.3) is 11.3 Å². The maximum atomic E-state index is 11.8. The third-order valence-electron chi connectivity index (χ3n) is 3.03. The van der Waals surface area contributed by atoms with Crippen molar-refractivity contribution in [2.24, 2.45) is 0 Å². The van der Waals surface area contributed by atoms with Gasteiger partial charge in [-0.15, -0.1) is 0 Å². The summed E-state index contributed by atoms with van der Waals surface area (Å²) in [6.45, 7) is 3.62. The van der Waals surface area contributed by atoms with Crippen LogP contribution in [0.2, 0.25) is 0 Å². The van der Waals surface area contributed by atoms with Crippen LogP contribution in [0.3, 0.4) is 0 Å². The van der Waals surface area contributed by atoms with Gasteiger partial charge in [0.05, 0.1) is 5.69 Å². The first-order valence-electron chi connectivity index (χ1n) is 7.22. The molecule has 7 heteroatoms. The molecule has 0 bridgehead atoms. The minimum absolute atomic E-state index is 0.121. The summed E-state index contributed by atoms with van der Waals surface area (Å²) >= 11 is 0. The van der Waals surface area contributed by atoms with E-state index in [9.17, 15) is 14.4 Å². The van der Waals surface area contributed by atoms with Gasteiger partial charge in [-0.05, 0) is 25.1 Å². The Bertz CT molecular complexity index is 766. The topological polar surface area (TPSA) is 93.1 Å². The third-order valence-corrected chi connectivity index (χ3v) is 3.03. The van der Waals surface area contributed by atoms with Crippen molar-refractivity contribution in [2.75, 3.05) is 11.9 Å². The van der Waals surface area contributed by atoms with E-state index in [4.69, 9.17) is 0 Å². The van der Waals surface area contributed by atoms with E-state index in [2.05, 4.69) is 15.7 Å². The predicted molar refractivity (Wildman–Crippen MR) is 86.9 cm³/mol. The lowest BCUT2D eigenvalue weighted by molar-refractivity contribution is -0.121. The van der Waals surface area contributed by atoms with Gasteiger partial charge in [-0.2, -0.15) is 5.10 Å². The summed E-state index contributed by atoms with van der Waals surface area (Å²) in [6.07, 6.45) is 0. The number of rotatable bonds is 5. The van der Waals surface area contributed by atoms with Crippen molar-refractivity contribution in [1.82, 2.24) is 15.1 Å². The number of nitrogens with zero attached hydrogens (tertiary/aromatic N) is 2. The zero-order valence-electron chi connectivity index (χ0n) is 13.0. The third kappa shape index (κ3) is 4.50. The summed E-state index contributed by atoms with van der Waals surface area (Å²) in [6, 6.07) is 10.0. The maximum Gasteiger partial charge on any atom is 0.267 e. The van der Waals surface area contributed by atoms with Crippen molar-refractivity contribution in [3.63, 3.8) is 0 Å². The molecule has 2 aromatic rings. The van der Waals surface area contributed by atoms with Crippen LogP contribution < -0.4 is 16.2 Å². The lowest BCUT2D eigenvalue weighted by Gasteiger charge is -2.08. The molecule has 0 aliphatic heterocycles. The number of carbonyl (C=O) groups excluding carboxylic acids is 2. The van der Waals surface area contributed by atoms with Crippen molar-refractivity contribution >= 4 is 17.5 Å². The number of aromatic nitrogens is 2. The van der Waals surface area contributed by atoms with E-state index in [1.54, 1.807) is 37.3 Å². The van der Waals surface area contributed by atoms with E-state index in [1.807, 2.05) is 0 Å². The maximum absolute atomic E-state index is 11.8. The molecule has 0 atom stereocenters. The average molecular weight is 314 g/mol. The molecular formula is C16H18N4O3. The summed E-state index contributed by atoms with van der Waals surface area (Å²) in [5, 5.41) is 9.52. The summed E-state index contributed by atoms with van der Waals surface area (Å²) in [5.74, 6) is -0.411. The SMILES string of the molecule is CCNC(=O)Cn1nc(-c2ccc(NC(C)=O)cc2)ccc1=O. The normalized spacial score (nSPS) is 10.2. The summed E-state index contributed by atoms with van der Waals surface area (Å²) in [7, 11) is 0. The van der Waals surface area contributed by atoms with Gasteiger partial charge in [0.2, 0.25) is 11.8 Å². The van der Waals surface area contributed by atoms with Gasteiger partial charge < -0.3 is 10.6 Å². The number of amides is 2. The molecule has 0 aliphatic rings. The highest BCUT2D eigenvalue weighted by Gasteiger charge is 2.07. The van der Waals surface area contributed by atoms with Crippen molar-refractivity contribution in [3.8, 4) is 11.3 Å². The van der Waals surface area contributed by atoms with Gasteiger partial charge in [0, 0.05) is 30.8 Å². The van der Waals surface area contributed by atoms with E-state index < -0.39 is 0 Å². The molecule has 1 heterocycles. The number of carbonyl (C=O) groups is 2. The van der Waals surface area contributed by atoms with Crippen molar-refractivity contribution < 1.29 is 9.59 Å². The molecule has 2 amide bonds. The van der Waals surface area contributed by atoms with Gasteiger partial charge in [0.15, 0.2) is 0 Å². The zero-order chi connectivity index (χ0) is 16.8. The Morgan fingerprint density at radius 1 is 1.13 bits per heavy atom. The van der Waals surface area contributed by atoms with Crippen LogP contribution >= 0.6 is 0 Å². The second kappa shape index (κ2) is 7.35. The first kappa shape index (κ1) is 16.4. The van der Waals surface area contributed by atoms with Crippen molar-refractivity contribution in [1.29, 1.82) is 0 Å². The highest BCUT2D eigenvalue weighted by atomic mass is 16.2. The van der Waals surface area contributed by atoms with Gasteiger partial charge in [-0.25, -0.2) is 4.68 Å². The number of hydrogen-bond donors (Lipinski definition) is 2. The van der Waals surface area contributed by atoms with Crippen LogP contribution in [0.4, 0.5) is 5.69 Å². The molecule has 23 heavy (non-hydrogen) atoms. The number of benzene rings is 1. The number of anilines is 1. The predicted octanol–water partition coefficient (Wildman–Crippen LogP) is 1.00. The Kier molecular flexibility index (Phi) is 5.24. The van der Waals surface area contributed by atoms with E-state index in [-0.39, 0.29) is 23.9 Å². The monoisotopic (exact) mass is 314 g/mol. The molecule has 0 radical (unpaired) electrons. The highest BCUT2D eigenvalue weighted by Crippen LogP contribution is 2.18. The zero-order valence-corrected chi connectivity index (χ0v) is 13.0. The van der Waals surface area contributed by atoms with E-state index in [0.29, 0.717) is 17.9 Å². The fraction of sp³-hybridized carbons (Fsp3) is 0.250. The minimum Gasteiger partial charge on any atom is -0.355 e. The number of nitrogens with one attached hydrogen (secondary N) is 2.